The van der Waals surface area contributed by atoms with E-state index in [2.05, 4.69) is 4.99 Å². The SMILES string of the molecule is CC(C)(C)C(=N)/C=C(\N)C1C=C(C(F)(F)F)NC=N1. The van der Waals surface area contributed by atoms with Gasteiger partial charge in [0, 0.05) is 16.8 Å². The highest BCUT2D eigenvalue weighted by Gasteiger charge is 2.35. The molecule has 1 heterocycles. The van der Waals surface area contributed by atoms with Gasteiger partial charge in [0.1, 0.15) is 11.7 Å². The molecular formula is C12H17F3N4. The highest BCUT2D eigenvalue weighted by molar-refractivity contribution is 5.97. The first-order valence-electron chi connectivity index (χ1n) is 5.65. The molecule has 0 fully saturated rings. The van der Waals surface area contributed by atoms with Gasteiger partial charge in [-0.25, -0.2) is 0 Å². The van der Waals surface area contributed by atoms with Crippen LogP contribution in [0.4, 0.5) is 13.2 Å². The molecule has 0 spiro atoms. The molecule has 0 aliphatic carbocycles. The summed E-state index contributed by atoms with van der Waals surface area (Å²) in [5.74, 6) is 0. The van der Waals surface area contributed by atoms with Gasteiger partial charge in [-0.05, 0) is 12.2 Å². The fourth-order valence-electron chi connectivity index (χ4n) is 1.26. The summed E-state index contributed by atoms with van der Waals surface area (Å²) in [4.78, 5) is 3.83. The standard InChI is InChI=1S/C12H17F3N4/c1-11(2,3)9(17)4-7(16)8-5-10(12(13,14)15)19-6-18-8/h4-6,8,17H,16H2,1-3H3,(H,18,19)/b7-4-,17-9?. The van der Waals surface area contributed by atoms with Crippen molar-refractivity contribution in [2.75, 3.05) is 0 Å². The number of halogens is 3. The van der Waals surface area contributed by atoms with Gasteiger partial charge in [-0.3, -0.25) is 4.99 Å². The lowest BCUT2D eigenvalue weighted by Gasteiger charge is -2.21. The molecule has 0 aromatic carbocycles. The molecule has 1 aliphatic heterocycles. The van der Waals surface area contributed by atoms with Crippen molar-refractivity contribution < 1.29 is 13.2 Å². The Morgan fingerprint density at radius 3 is 2.47 bits per heavy atom. The predicted octanol–water partition coefficient (Wildman–Crippen LogP) is 2.34. The molecular weight excluding hydrogens is 257 g/mol. The lowest BCUT2D eigenvalue weighted by molar-refractivity contribution is -0.0952. The molecule has 1 atom stereocenters. The van der Waals surface area contributed by atoms with E-state index in [9.17, 15) is 13.2 Å². The normalized spacial score (nSPS) is 20.8. The zero-order valence-corrected chi connectivity index (χ0v) is 11.0. The van der Waals surface area contributed by atoms with Crippen LogP contribution in [0, 0.1) is 10.8 Å². The van der Waals surface area contributed by atoms with Gasteiger partial charge in [-0.2, -0.15) is 13.2 Å². The quantitative estimate of drug-likeness (QED) is 0.676. The van der Waals surface area contributed by atoms with Crippen molar-refractivity contribution >= 4 is 12.1 Å². The second-order valence-electron chi connectivity index (χ2n) is 5.25. The Labute approximate surface area is 109 Å². The molecule has 7 heteroatoms. The number of hydrogen-bond donors (Lipinski definition) is 3. The van der Waals surface area contributed by atoms with E-state index >= 15 is 0 Å². The Hall–Kier alpha value is -1.79. The van der Waals surface area contributed by atoms with Crippen LogP contribution in [0.25, 0.3) is 0 Å². The Kier molecular flexibility index (Phi) is 4.07. The van der Waals surface area contributed by atoms with Crippen molar-refractivity contribution in [3.8, 4) is 0 Å². The van der Waals surface area contributed by atoms with Crippen LogP contribution in [0.3, 0.4) is 0 Å². The maximum atomic E-state index is 12.5. The van der Waals surface area contributed by atoms with Crippen molar-refractivity contribution in [2.24, 2.45) is 16.1 Å². The van der Waals surface area contributed by atoms with E-state index in [1.54, 1.807) is 0 Å². The summed E-state index contributed by atoms with van der Waals surface area (Å²) in [6, 6.07) is -0.902. The van der Waals surface area contributed by atoms with Crippen LogP contribution in [0.1, 0.15) is 20.8 Å². The number of aliphatic imine (C=N–C) groups is 1. The van der Waals surface area contributed by atoms with E-state index in [4.69, 9.17) is 11.1 Å². The molecule has 0 saturated heterocycles. The molecule has 0 amide bonds. The van der Waals surface area contributed by atoms with Gasteiger partial charge >= 0.3 is 6.18 Å². The topological polar surface area (TPSA) is 74.3 Å². The van der Waals surface area contributed by atoms with E-state index in [1.165, 1.54) is 6.08 Å². The van der Waals surface area contributed by atoms with E-state index in [0.717, 1.165) is 12.4 Å². The average Bonchev–Trinajstić information content (AvgIpc) is 2.26. The molecule has 0 aromatic rings. The van der Waals surface area contributed by atoms with Crippen molar-refractivity contribution in [2.45, 2.75) is 33.0 Å². The number of rotatable bonds is 2. The smallest absolute Gasteiger partial charge is 0.400 e. The fourth-order valence-corrected chi connectivity index (χ4v) is 1.26. The highest BCUT2D eigenvalue weighted by atomic mass is 19.4. The first-order chi connectivity index (χ1) is 8.51. The van der Waals surface area contributed by atoms with Crippen molar-refractivity contribution in [3.05, 3.63) is 23.5 Å². The number of hydrogen-bond acceptors (Lipinski definition) is 4. The van der Waals surface area contributed by atoms with Gasteiger partial charge in [-0.15, -0.1) is 0 Å². The van der Waals surface area contributed by atoms with Crippen LogP contribution in [0.5, 0.6) is 0 Å². The monoisotopic (exact) mass is 274 g/mol. The first kappa shape index (κ1) is 15.3. The lowest BCUT2D eigenvalue weighted by atomic mass is 9.89. The molecule has 0 aromatic heterocycles. The second kappa shape index (κ2) is 5.07. The maximum absolute atomic E-state index is 12.5. The van der Waals surface area contributed by atoms with Crippen LogP contribution >= 0.6 is 0 Å². The molecule has 19 heavy (non-hydrogen) atoms. The molecule has 0 bridgehead atoms. The lowest BCUT2D eigenvalue weighted by Crippen LogP contribution is -2.32. The summed E-state index contributed by atoms with van der Waals surface area (Å²) in [7, 11) is 0. The number of allylic oxidation sites excluding steroid dienone is 2. The average molecular weight is 274 g/mol. The van der Waals surface area contributed by atoms with Gasteiger partial charge in [0.25, 0.3) is 0 Å². The Bertz CT molecular complexity index is 453. The zero-order chi connectivity index (χ0) is 14.8. The van der Waals surface area contributed by atoms with Gasteiger partial charge in [0.15, 0.2) is 0 Å². The molecule has 4 nitrogen and oxygen atoms in total. The van der Waals surface area contributed by atoms with Crippen LogP contribution in [-0.2, 0) is 0 Å². The number of nitrogens with one attached hydrogen (secondary N) is 2. The first-order valence-corrected chi connectivity index (χ1v) is 5.65. The minimum Gasteiger partial charge on any atom is -0.400 e. The summed E-state index contributed by atoms with van der Waals surface area (Å²) in [6.45, 7) is 5.46. The third-order valence-electron chi connectivity index (χ3n) is 2.55. The molecule has 1 aliphatic rings. The second-order valence-corrected chi connectivity index (χ2v) is 5.25. The number of alkyl halides is 3. The van der Waals surface area contributed by atoms with Crippen molar-refractivity contribution in [1.29, 1.82) is 5.41 Å². The number of nitrogens with two attached hydrogens (primary N) is 1. The zero-order valence-electron chi connectivity index (χ0n) is 11.0. The Balaban J connectivity index is 2.95. The summed E-state index contributed by atoms with van der Waals surface area (Å²) in [5.41, 5.74) is 4.75. The highest BCUT2D eigenvalue weighted by Crippen LogP contribution is 2.26. The largest absolute Gasteiger partial charge is 0.431 e. The van der Waals surface area contributed by atoms with Crippen molar-refractivity contribution in [3.63, 3.8) is 0 Å². The summed E-state index contributed by atoms with van der Waals surface area (Å²) in [6.07, 6.45) is -1.24. The van der Waals surface area contributed by atoms with E-state index in [0.29, 0.717) is 0 Å². The van der Waals surface area contributed by atoms with Crippen LogP contribution in [0.15, 0.2) is 28.5 Å². The van der Waals surface area contributed by atoms with Crippen LogP contribution < -0.4 is 11.1 Å². The predicted molar refractivity (Wildman–Crippen MR) is 69.0 cm³/mol. The van der Waals surface area contributed by atoms with Gasteiger partial charge in [0.2, 0.25) is 0 Å². The van der Waals surface area contributed by atoms with Gasteiger partial charge < -0.3 is 16.5 Å². The summed E-state index contributed by atoms with van der Waals surface area (Å²) < 4.78 is 37.6. The Morgan fingerprint density at radius 1 is 1.42 bits per heavy atom. The molecule has 1 rings (SSSR count). The van der Waals surface area contributed by atoms with E-state index in [-0.39, 0.29) is 11.4 Å². The minimum absolute atomic E-state index is 0.111. The van der Waals surface area contributed by atoms with Crippen LogP contribution in [-0.4, -0.2) is 24.3 Å². The van der Waals surface area contributed by atoms with Crippen molar-refractivity contribution in [1.82, 2.24) is 5.32 Å². The molecule has 0 radical (unpaired) electrons. The van der Waals surface area contributed by atoms with Gasteiger partial charge in [-0.1, -0.05) is 20.8 Å². The maximum Gasteiger partial charge on any atom is 0.431 e. The molecule has 0 saturated carbocycles. The molecule has 4 N–H and O–H groups in total. The molecule has 1 unspecified atom stereocenters. The third kappa shape index (κ3) is 4.11. The van der Waals surface area contributed by atoms with Crippen LogP contribution in [0.2, 0.25) is 0 Å². The Morgan fingerprint density at radius 2 is 2.00 bits per heavy atom. The summed E-state index contributed by atoms with van der Waals surface area (Å²) >= 11 is 0. The fraction of sp³-hybridized carbons (Fsp3) is 0.500. The van der Waals surface area contributed by atoms with E-state index < -0.39 is 23.3 Å². The third-order valence-corrected chi connectivity index (χ3v) is 2.55. The van der Waals surface area contributed by atoms with Gasteiger partial charge in [0.05, 0.1) is 6.34 Å². The minimum atomic E-state index is -4.47. The molecule has 106 valence electrons. The summed E-state index contributed by atoms with van der Waals surface area (Å²) in [5, 5.41) is 9.83. The van der Waals surface area contributed by atoms with E-state index in [1.807, 2.05) is 26.1 Å². The number of nitrogens with zero attached hydrogens (tertiary/aromatic N) is 1.